The average Bonchev–Trinajstić information content (AvgIpc) is 3.20. The predicted octanol–water partition coefficient (Wildman–Crippen LogP) is 2.70. The van der Waals surface area contributed by atoms with Crippen LogP contribution in [0.2, 0.25) is 5.02 Å². The number of halogens is 3. The zero-order valence-corrected chi connectivity index (χ0v) is 19.3. The molecule has 35 heavy (non-hydrogen) atoms. The van der Waals surface area contributed by atoms with Crippen LogP contribution in [0.1, 0.15) is 18.3 Å². The van der Waals surface area contributed by atoms with Gasteiger partial charge in [0.15, 0.2) is 5.02 Å². The fourth-order valence-corrected chi connectivity index (χ4v) is 3.91. The Balaban J connectivity index is 1.71. The molecule has 0 unspecified atom stereocenters. The van der Waals surface area contributed by atoms with Crippen molar-refractivity contribution in [3.8, 4) is 11.6 Å². The van der Waals surface area contributed by atoms with Gasteiger partial charge in [0.25, 0.3) is 11.5 Å². The lowest BCUT2D eigenvalue weighted by molar-refractivity contribution is -0.121. The van der Waals surface area contributed by atoms with Gasteiger partial charge >= 0.3 is 0 Å². The first-order valence-electron chi connectivity index (χ1n) is 10.3. The Labute approximate surface area is 202 Å². The molecular weight excluding hydrogens is 486 g/mol. The van der Waals surface area contributed by atoms with Crippen LogP contribution in [-0.4, -0.2) is 39.7 Å². The van der Waals surface area contributed by atoms with E-state index in [1.165, 1.54) is 40.3 Å². The lowest BCUT2D eigenvalue weighted by Gasteiger charge is -2.17. The van der Waals surface area contributed by atoms with E-state index < -0.39 is 29.7 Å². The van der Waals surface area contributed by atoms with Crippen LogP contribution in [-0.2, 0) is 16.2 Å². The summed E-state index contributed by atoms with van der Waals surface area (Å²) in [5, 5.41) is 8.95. The molecule has 0 fully saturated rings. The molecular formula is C23H19ClF2N4O5. The molecule has 1 N–H and O–H groups in total. The molecule has 1 aliphatic rings. The first kappa shape index (κ1) is 24.3. The van der Waals surface area contributed by atoms with Gasteiger partial charge in [-0.15, -0.1) is 0 Å². The maximum atomic E-state index is 13.9. The summed E-state index contributed by atoms with van der Waals surface area (Å²) in [5.41, 5.74) is 0.432. The molecule has 2 amide bonds. The number of hydrogen-bond acceptors (Lipinski definition) is 6. The van der Waals surface area contributed by atoms with Gasteiger partial charge in [0.2, 0.25) is 11.8 Å². The zero-order chi connectivity index (χ0) is 25.4. The number of hydrogen-bond donors (Lipinski definition) is 1. The molecule has 2 heterocycles. The topological polar surface area (TPSA) is 105 Å². The van der Waals surface area contributed by atoms with E-state index in [4.69, 9.17) is 16.3 Å². The van der Waals surface area contributed by atoms with Gasteiger partial charge in [-0.1, -0.05) is 11.6 Å². The monoisotopic (exact) mass is 504 g/mol. The molecule has 9 nitrogen and oxygen atoms in total. The molecule has 182 valence electrons. The maximum Gasteiger partial charge on any atom is 0.280 e. The van der Waals surface area contributed by atoms with E-state index in [0.717, 1.165) is 6.07 Å². The third-order valence-electron chi connectivity index (χ3n) is 5.44. The summed E-state index contributed by atoms with van der Waals surface area (Å²) in [7, 11) is 0. The Morgan fingerprint density at radius 3 is 2.54 bits per heavy atom. The van der Waals surface area contributed by atoms with Gasteiger partial charge in [-0.05, 0) is 37.3 Å². The minimum Gasteiger partial charge on any atom is -0.471 e. The lowest BCUT2D eigenvalue weighted by atomic mass is 10.2. The van der Waals surface area contributed by atoms with Gasteiger partial charge in [0, 0.05) is 18.6 Å². The second-order valence-corrected chi connectivity index (χ2v) is 8.06. The summed E-state index contributed by atoms with van der Waals surface area (Å²) in [4.78, 5) is 44.1. The molecule has 1 aliphatic heterocycles. The number of amides is 2. The molecule has 2 aromatic carbocycles. The van der Waals surface area contributed by atoms with Gasteiger partial charge in [-0.3, -0.25) is 28.8 Å². The smallest absolute Gasteiger partial charge is 0.280 e. The third-order valence-corrected chi connectivity index (χ3v) is 5.77. The number of rotatable bonds is 5. The normalized spacial score (nSPS) is 12.6. The molecule has 1 aromatic heterocycles. The Kier molecular flexibility index (Phi) is 6.55. The fourth-order valence-electron chi connectivity index (χ4n) is 3.72. The standard InChI is InChI=1S/C23H19ClF2N4O5/c1-12-27-22(35-10-14-3-4-15(25)7-17(14)26)21(24)23(34)30(12)16-5-6-18-19(8-16)29(20(33)9-31)11-28(18)13(2)32/h3-8,31H,9-11H2,1-2H3. The highest BCUT2D eigenvalue weighted by molar-refractivity contribution is 6.31. The van der Waals surface area contributed by atoms with Gasteiger partial charge in [-0.25, -0.2) is 8.78 Å². The van der Waals surface area contributed by atoms with Gasteiger partial charge in [0.1, 0.15) is 37.3 Å². The molecule has 0 atom stereocenters. The minimum atomic E-state index is -0.814. The van der Waals surface area contributed by atoms with E-state index >= 15 is 0 Å². The maximum absolute atomic E-state index is 13.9. The van der Waals surface area contributed by atoms with Crippen LogP contribution < -0.4 is 20.1 Å². The number of carbonyl (C=O) groups excluding carboxylic acids is 2. The van der Waals surface area contributed by atoms with Crippen LogP contribution in [0, 0.1) is 18.6 Å². The van der Waals surface area contributed by atoms with Gasteiger partial charge in [0.05, 0.1) is 17.1 Å². The fraction of sp³-hybridized carbons (Fsp3) is 0.217. The predicted molar refractivity (Wildman–Crippen MR) is 123 cm³/mol. The van der Waals surface area contributed by atoms with Crippen molar-refractivity contribution >= 4 is 34.8 Å². The number of aromatic nitrogens is 2. The quantitative estimate of drug-likeness (QED) is 0.573. The van der Waals surface area contributed by atoms with Crippen molar-refractivity contribution in [3.05, 3.63) is 74.8 Å². The van der Waals surface area contributed by atoms with E-state index in [0.29, 0.717) is 23.1 Å². The van der Waals surface area contributed by atoms with Crippen molar-refractivity contribution in [2.24, 2.45) is 0 Å². The first-order chi connectivity index (χ1) is 16.6. The van der Waals surface area contributed by atoms with Crippen LogP contribution in [0.5, 0.6) is 5.88 Å². The number of carbonyl (C=O) groups is 2. The van der Waals surface area contributed by atoms with Crippen LogP contribution >= 0.6 is 11.6 Å². The molecule has 0 saturated carbocycles. The highest BCUT2D eigenvalue weighted by Crippen LogP contribution is 2.38. The van der Waals surface area contributed by atoms with E-state index in [2.05, 4.69) is 4.98 Å². The third kappa shape index (κ3) is 4.47. The van der Waals surface area contributed by atoms with Crippen LogP contribution in [0.4, 0.5) is 20.2 Å². The van der Waals surface area contributed by atoms with Gasteiger partial charge in [-0.2, -0.15) is 4.98 Å². The Morgan fingerprint density at radius 2 is 1.89 bits per heavy atom. The number of aryl methyl sites for hydroxylation is 1. The second kappa shape index (κ2) is 9.43. The molecule has 0 radical (unpaired) electrons. The molecule has 0 aliphatic carbocycles. The Bertz CT molecular complexity index is 1410. The molecule has 3 aromatic rings. The largest absolute Gasteiger partial charge is 0.471 e. The van der Waals surface area contributed by atoms with Crippen LogP contribution in [0.3, 0.4) is 0 Å². The Morgan fingerprint density at radius 1 is 1.14 bits per heavy atom. The number of ether oxygens (including phenoxy) is 1. The summed E-state index contributed by atoms with van der Waals surface area (Å²) >= 11 is 6.21. The number of fused-ring (bicyclic) bond motifs is 1. The number of benzene rings is 2. The van der Waals surface area contributed by atoms with E-state index in [1.54, 1.807) is 12.1 Å². The zero-order valence-electron chi connectivity index (χ0n) is 18.6. The molecule has 12 heteroatoms. The lowest BCUT2D eigenvalue weighted by Crippen LogP contribution is -2.38. The summed E-state index contributed by atoms with van der Waals surface area (Å²) in [6.45, 7) is 1.70. The van der Waals surface area contributed by atoms with Crippen molar-refractivity contribution < 1.29 is 28.2 Å². The van der Waals surface area contributed by atoms with Crippen molar-refractivity contribution in [1.82, 2.24) is 9.55 Å². The number of aliphatic hydroxyl groups is 1. The average molecular weight is 505 g/mol. The van der Waals surface area contributed by atoms with Gasteiger partial charge < -0.3 is 9.84 Å². The van der Waals surface area contributed by atoms with Crippen LogP contribution in [0.25, 0.3) is 5.69 Å². The summed E-state index contributed by atoms with van der Waals surface area (Å²) in [5.74, 6) is -2.52. The highest BCUT2D eigenvalue weighted by Gasteiger charge is 2.32. The number of anilines is 2. The van der Waals surface area contributed by atoms with Crippen molar-refractivity contribution in [3.63, 3.8) is 0 Å². The van der Waals surface area contributed by atoms with Crippen LogP contribution in [0.15, 0.2) is 41.2 Å². The summed E-state index contributed by atoms with van der Waals surface area (Å²) in [6, 6.07) is 7.63. The van der Waals surface area contributed by atoms with Crippen molar-refractivity contribution in [2.75, 3.05) is 23.1 Å². The SMILES string of the molecule is CC(=O)N1CN(C(=O)CO)c2cc(-n3c(C)nc(OCc4ccc(F)cc4F)c(Cl)c3=O)ccc21. The summed E-state index contributed by atoms with van der Waals surface area (Å²) in [6.07, 6.45) is 0. The molecule has 4 rings (SSSR count). The Hall–Kier alpha value is -3.83. The van der Waals surface area contributed by atoms with Crippen molar-refractivity contribution in [2.45, 2.75) is 20.5 Å². The number of nitrogens with zero attached hydrogens (tertiary/aromatic N) is 4. The first-order valence-corrected chi connectivity index (χ1v) is 10.7. The van der Waals surface area contributed by atoms with E-state index in [-0.39, 0.29) is 41.5 Å². The molecule has 0 bridgehead atoms. The highest BCUT2D eigenvalue weighted by atomic mass is 35.5. The van der Waals surface area contributed by atoms with E-state index in [9.17, 15) is 28.3 Å². The number of aliphatic hydroxyl groups excluding tert-OH is 1. The summed E-state index contributed by atoms with van der Waals surface area (Å²) < 4.78 is 33.6. The molecule has 0 saturated heterocycles. The second-order valence-electron chi connectivity index (χ2n) is 7.68. The molecule has 0 spiro atoms. The minimum absolute atomic E-state index is 0.0494. The van der Waals surface area contributed by atoms with Crippen molar-refractivity contribution in [1.29, 1.82) is 0 Å². The van der Waals surface area contributed by atoms with E-state index in [1.807, 2.05) is 0 Å².